The second-order valence-corrected chi connectivity index (χ2v) is 8.38. The van der Waals surface area contributed by atoms with Gasteiger partial charge in [0.1, 0.15) is 5.75 Å². The lowest BCUT2D eigenvalue weighted by molar-refractivity contribution is -0.116. The molecular formula is C27H30N2O6. The Hall–Kier alpha value is -3.94. The van der Waals surface area contributed by atoms with E-state index in [1.54, 1.807) is 31.4 Å². The molecule has 8 heteroatoms. The number of para-hydroxylation sites is 2. The van der Waals surface area contributed by atoms with Gasteiger partial charge in [-0.2, -0.15) is 0 Å². The molecule has 184 valence electrons. The largest absolute Gasteiger partial charge is 0.495 e. The maximum absolute atomic E-state index is 13.8. The number of Topliss-reactive ketones (excluding diaryl/α,β-unsaturated/α-hetero) is 1. The second kappa shape index (κ2) is 10.1. The van der Waals surface area contributed by atoms with Gasteiger partial charge in [-0.25, -0.2) is 0 Å². The number of amides is 1. The molecule has 1 aliphatic heterocycles. The number of allylic oxidation sites excluding steroid dienone is 3. The summed E-state index contributed by atoms with van der Waals surface area (Å²) in [7, 11) is 6.16. The van der Waals surface area contributed by atoms with Crippen LogP contribution in [0.25, 0.3) is 0 Å². The lowest BCUT2D eigenvalue weighted by Gasteiger charge is -2.35. The van der Waals surface area contributed by atoms with E-state index in [1.807, 2.05) is 19.1 Å². The summed E-state index contributed by atoms with van der Waals surface area (Å²) in [5, 5.41) is 6.30. The lowest BCUT2D eigenvalue weighted by Crippen LogP contribution is -2.35. The Labute approximate surface area is 204 Å². The van der Waals surface area contributed by atoms with Crippen LogP contribution in [0, 0.1) is 0 Å². The van der Waals surface area contributed by atoms with Crippen LogP contribution >= 0.6 is 0 Å². The van der Waals surface area contributed by atoms with Crippen LogP contribution in [-0.4, -0.2) is 40.1 Å². The van der Waals surface area contributed by atoms with Gasteiger partial charge >= 0.3 is 0 Å². The molecular weight excluding hydrogens is 448 g/mol. The van der Waals surface area contributed by atoms with Crippen molar-refractivity contribution in [2.24, 2.45) is 0 Å². The molecule has 0 bridgehead atoms. The van der Waals surface area contributed by atoms with E-state index in [1.165, 1.54) is 21.3 Å². The first-order chi connectivity index (χ1) is 16.9. The Balaban J connectivity index is 1.87. The highest BCUT2D eigenvalue weighted by molar-refractivity contribution is 6.10. The Morgan fingerprint density at radius 1 is 0.943 bits per heavy atom. The van der Waals surface area contributed by atoms with Crippen molar-refractivity contribution in [1.82, 2.24) is 5.32 Å². The highest BCUT2D eigenvalue weighted by Crippen LogP contribution is 2.47. The van der Waals surface area contributed by atoms with Crippen molar-refractivity contribution in [2.45, 2.75) is 32.1 Å². The van der Waals surface area contributed by atoms with Crippen molar-refractivity contribution >= 4 is 17.4 Å². The number of dihydropyridines is 1. The third-order valence-corrected chi connectivity index (χ3v) is 6.40. The normalized spacial score (nSPS) is 17.4. The molecule has 0 saturated carbocycles. The average Bonchev–Trinajstić information content (AvgIpc) is 2.87. The molecule has 0 saturated heterocycles. The summed E-state index contributed by atoms with van der Waals surface area (Å²) in [6.45, 7) is 1.85. The van der Waals surface area contributed by atoms with Crippen molar-refractivity contribution < 1.29 is 28.5 Å². The van der Waals surface area contributed by atoms with E-state index >= 15 is 0 Å². The van der Waals surface area contributed by atoms with Gasteiger partial charge in [0, 0.05) is 34.9 Å². The minimum absolute atomic E-state index is 0.0209. The molecule has 2 aromatic rings. The predicted molar refractivity (Wildman–Crippen MR) is 132 cm³/mol. The first kappa shape index (κ1) is 24.2. The Kier molecular flexibility index (Phi) is 7.00. The minimum atomic E-state index is -0.609. The van der Waals surface area contributed by atoms with E-state index in [-0.39, 0.29) is 11.7 Å². The monoisotopic (exact) mass is 478 g/mol. The van der Waals surface area contributed by atoms with E-state index in [0.717, 1.165) is 18.5 Å². The molecule has 0 fully saturated rings. The summed E-state index contributed by atoms with van der Waals surface area (Å²) in [5.74, 6) is 0.970. The molecule has 0 aromatic heterocycles. The number of rotatable bonds is 7. The van der Waals surface area contributed by atoms with Crippen LogP contribution in [-0.2, 0) is 9.59 Å². The minimum Gasteiger partial charge on any atom is -0.495 e. The van der Waals surface area contributed by atoms with Gasteiger partial charge in [-0.3, -0.25) is 9.59 Å². The van der Waals surface area contributed by atoms with Crippen LogP contribution in [0.5, 0.6) is 23.0 Å². The summed E-state index contributed by atoms with van der Waals surface area (Å²) in [6.07, 6.45) is 1.94. The van der Waals surface area contributed by atoms with E-state index in [9.17, 15) is 9.59 Å². The van der Waals surface area contributed by atoms with Crippen LogP contribution in [0.1, 0.15) is 37.7 Å². The molecule has 1 amide bonds. The molecule has 1 aliphatic carbocycles. The molecule has 1 atom stereocenters. The summed E-state index contributed by atoms with van der Waals surface area (Å²) >= 11 is 0. The molecule has 2 aliphatic rings. The fraction of sp³-hybridized carbons (Fsp3) is 0.333. The van der Waals surface area contributed by atoms with Crippen molar-refractivity contribution in [3.63, 3.8) is 0 Å². The number of hydrogen-bond acceptors (Lipinski definition) is 7. The van der Waals surface area contributed by atoms with Crippen LogP contribution in [0.4, 0.5) is 5.69 Å². The SMILES string of the molecule is COc1ccccc1NC(=O)C1=C(C)NC2=C(C(=O)CCC2)C1c1cc(OC)c(OC)c(OC)c1. The van der Waals surface area contributed by atoms with Gasteiger partial charge in [0.25, 0.3) is 5.91 Å². The first-order valence-electron chi connectivity index (χ1n) is 11.4. The van der Waals surface area contributed by atoms with Crippen LogP contribution in [0.2, 0.25) is 0 Å². The smallest absolute Gasteiger partial charge is 0.254 e. The zero-order chi connectivity index (χ0) is 25.1. The number of nitrogens with one attached hydrogen (secondary N) is 2. The molecule has 2 N–H and O–H groups in total. The molecule has 4 rings (SSSR count). The van der Waals surface area contributed by atoms with Crippen molar-refractivity contribution in [3.8, 4) is 23.0 Å². The fourth-order valence-corrected chi connectivity index (χ4v) is 4.82. The first-order valence-corrected chi connectivity index (χ1v) is 11.4. The molecule has 8 nitrogen and oxygen atoms in total. The zero-order valence-electron chi connectivity index (χ0n) is 20.6. The van der Waals surface area contributed by atoms with Crippen LogP contribution in [0.3, 0.4) is 0 Å². The summed E-state index contributed by atoms with van der Waals surface area (Å²) in [4.78, 5) is 27.0. The van der Waals surface area contributed by atoms with Gasteiger partial charge in [-0.05, 0) is 49.6 Å². The van der Waals surface area contributed by atoms with Crippen LogP contribution in [0.15, 0.2) is 58.9 Å². The summed E-state index contributed by atoms with van der Waals surface area (Å²) in [6, 6.07) is 10.8. The highest BCUT2D eigenvalue weighted by Gasteiger charge is 2.39. The third kappa shape index (κ3) is 4.43. The Bertz CT molecular complexity index is 1200. The number of carbonyl (C=O) groups is 2. The highest BCUT2D eigenvalue weighted by atomic mass is 16.5. The molecule has 2 aromatic carbocycles. The maximum Gasteiger partial charge on any atom is 0.254 e. The topological polar surface area (TPSA) is 95.1 Å². The van der Waals surface area contributed by atoms with E-state index < -0.39 is 5.92 Å². The Morgan fingerprint density at radius 3 is 2.23 bits per heavy atom. The van der Waals surface area contributed by atoms with E-state index in [0.29, 0.717) is 57.5 Å². The predicted octanol–water partition coefficient (Wildman–Crippen LogP) is 4.33. The molecule has 1 heterocycles. The lowest BCUT2D eigenvalue weighted by atomic mass is 9.75. The third-order valence-electron chi connectivity index (χ3n) is 6.40. The standard InChI is InChI=1S/C27H30N2O6/c1-15-23(27(31)29-17-9-6-7-12-20(17)32-2)24(25-18(28-15)10-8-11-19(25)30)16-13-21(33-3)26(35-5)22(14-16)34-4/h6-7,9,12-14,24,28H,8,10-11H2,1-5H3,(H,29,31). The molecule has 0 radical (unpaired) electrons. The number of ketones is 1. The van der Waals surface area contributed by atoms with Crippen molar-refractivity contribution in [1.29, 1.82) is 0 Å². The van der Waals surface area contributed by atoms with Gasteiger partial charge in [0.2, 0.25) is 5.75 Å². The van der Waals surface area contributed by atoms with Gasteiger partial charge in [0.15, 0.2) is 17.3 Å². The number of anilines is 1. The molecule has 35 heavy (non-hydrogen) atoms. The number of hydrogen-bond donors (Lipinski definition) is 2. The quantitative estimate of drug-likeness (QED) is 0.612. The van der Waals surface area contributed by atoms with E-state index in [2.05, 4.69) is 10.6 Å². The van der Waals surface area contributed by atoms with Gasteiger partial charge < -0.3 is 29.6 Å². The van der Waals surface area contributed by atoms with Gasteiger partial charge in [0.05, 0.1) is 34.1 Å². The molecule has 0 spiro atoms. The van der Waals surface area contributed by atoms with E-state index in [4.69, 9.17) is 18.9 Å². The second-order valence-electron chi connectivity index (χ2n) is 8.38. The van der Waals surface area contributed by atoms with Crippen molar-refractivity contribution in [3.05, 3.63) is 64.5 Å². The van der Waals surface area contributed by atoms with Gasteiger partial charge in [-0.15, -0.1) is 0 Å². The molecule has 1 unspecified atom stereocenters. The maximum atomic E-state index is 13.8. The number of methoxy groups -OCH3 is 4. The fourth-order valence-electron chi connectivity index (χ4n) is 4.82. The summed E-state index contributed by atoms with van der Waals surface area (Å²) in [5.41, 5.74) is 3.82. The van der Waals surface area contributed by atoms with Crippen molar-refractivity contribution in [2.75, 3.05) is 33.8 Å². The van der Waals surface area contributed by atoms with Crippen LogP contribution < -0.4 is 29.6 Å². The summed E-state index contributed by atoms with van der Waals surface area (Å²) < 4.78 is 22.0. The number of benzene rings is 2. The number of ether oxygens (including phenoxy) is 4. The number of carbonyl (C=O) groups excluding carboxylic acids is 2. The Morgan fingerprint density at radius 2 is 1.60 bits per heavy atom. The average molecular weight is 479 g/mol. The van der Waals surface area contributed by atoms with Gasteiger partial charge in [-0.1, -0.05) is 12.1 Å². The zero-order valence-corrected chi connectivity index (χ0v) is 20.6.